The number of halogens is 1. The molecule has 0 radical (unpaired) electrons. The fourth-order valence-corrected chi connectivity index (χ4v) is 4.80. The highest BCUT2D eigenvalue weighted by molar-refractivity contribution is 6.30. The van der Waals surface area contributed by atoms with E-state index >= 15 is 0 Å². The van der Waals surface area contributed by atoms with Crippen LogP contribution in [-0.2, 0) is 0 Å². The van der Waals surface area contributed by atoms with Crippen molar-refractivity contribution in [2.45, 2.75) is 32.0 Å². The molecule has 9 nitrogen and oxygen atoms in total. The van der Waals surface area contributed by atoms with Crippen LogP contribution in [0.4, 0.5) is 4.79 Å². The Kier molecular flexibility index (Phi) is 7.12. The van der Waals surface area contributed by atoms with Crippen LogP contribution in [0.15, 0.2) is 64.2 Å². The largest absolute Gasteiger partial charge is 0.490 e. The predicted octanol–water partition coefficient (Wildman–Crippen LogP) is 4.56. The molecule has 0 saturated carbocycles. The fraction of sp³-hybridized carbons (Fsp3) is 0.333. The zero-order valence-corrected chi connectivity index (χ0v) is 21.4. The maximum absolute atomic E-state index is 14.2. The quantitative estimate of drug-likeness (QED) is 0.530. The van der Waals surface area contributed by atoms with E-state index in [0.29, 0.717) is 59.7 Å². The zero-order chi connectivity index (χ0) is 25.9. The van der Waals surface area contributed by atoms with Crippen LogP contribution in [0.1, 0.15) is 48.4 Å². The molecule has 2 aromatic carbocycles. The van der Waals surface area contributed by atoms with Crippen molar-refractivity contribution in [2.75, 3.05) is 26.2 Å². The Balaban J connectivity index is 1.69. The first-order valence-corrected chi connectivity index (χ1v) is 12.6. The van der Waals surface area contributed by atoms with E-state index in [0.717, 1.165) is 5.56 Å². The lowest BCUT2D eigenvalue weighted by atomic mass is 9.97. The first-order valence-electron chi connectivity index (χ1n) is 12.2. The molecule has 0 aliphatic carbocycles. The lowest BCUT2D eigenvalue weighted by Gasteiger charge is -2.36. The molecule has 1 fully saturated rings. The molecule has 5 rings (SSSR count). The van der Waals surface area contributed by atoms with E-state index in [-0.39, 0.29) is 12.1 Å². The highest BCUT2D eigenvalue weighted by Gasteiger charge is 2.46. The van der Waals surface area contributed by atoms with Gasteiger partial charge in [-0.2, -0.15) is 5.26 Å². The first-order chi connectivity index (χ1) is 18.0. The molecular weight excluding hydrogens is 492 g/mol. The third kappa shape index (κ3) is 5.03. The number of hydrogen-bond donors (Lipinski definition) is 1. The maximum Gasteiger partial charge on any atom is 0.326 e. The molecule has 37 heavy (non-hydrogen) atoms. The normalized spacial score (nSPS) is 19.6. The van der Waals surface area contributed by atoms with Gasteiger partial charge in [0.05, 0.1) is 35.5 Å². The third-order valence-corrected chi connectivity index (χ3v) is 6.59. The van der Waals surface area contributed by atoms with E-state index in [1.165, 1.54) is 0 Å². The van der Waals surface area contributed by atoms with Gasteiger partial charge in [-0.05, 0) is 49.7 Å². The maximum atomic E-state index is 14.2. The molecule has 1 saturated heterocycles. The van der Waals surface area contributed by atoms with Crippen molar-refractivity contribution in [3.63, 3.8) is 0 Å². The van der Waals surface area contributed by atoms with Crippen molar-refractivity contribution >= 4 is 23.5 Å². The molecule has 10 heteroatoms. The average Bonchev–Trinajstić information content (AvgIpc) is 3.57. The number of rotatable bonds is 5. The van der Waals surface area contributed by atoms with E-state index in [2.05, 4.69) is 16.5 Å². The van der Waals surface area contributed by atoms with Crippen molar-refractivity contribution in [1.29, 1.82) is 5.26 Å². The summed E-state index contributed by atoms with van der Waals surface area (Å²) in [6.07, 6.45) is 1.42. The van der Waals surface area contributed by atoms with Crippen molar-refractivity contribution in [3.05, 3.63) is 82.2 Å². The van der Waals surface area contributed by atoms with Crippen molar-refractivity contribution in [3.8, 4) is 11.8 Å². The van der Waals surface area contributed by atoms with E-state index in [1.54, 1.807) is 47.5 Å². The number of benzene rings is 2. The fourth-order valence-electron chi connectivity index (χ4n) is 4.67. The van der Waals surface area contributed by atoms with Crippen LogP contribution in [0.25, 0.3) is 0 Å². The summed E-state index contributed by atoms with van der Waals surface area (Å²) in [7, 11) is 0. The number of nitrogens with one attached hydrogen (secondary N) is 1. The second-order valence-corrected chi connectivity index (χ2v) is 9.62. The minimum Gasteiger partial charge on any atom is -0.490 e. The summed E-state index contributed by atoms with van der Waals surface area (Å²) < 4.78 is 11.7. The molecule has 3 heterocycles. The molecule has 0 bridgehead atoms. The monoisotopic (exact) mass is 518 g/mol. The van der Waals surface area contributed by atoms with Gasteiger partial charge >= 0.3 is 6.03 Å². The Labute approximate surface area is 220 Å². The van der Waals surface area contributed by atoms with Gasteiger partial charge in [0.1, 0.15) is 17.6 Å². The number of aliphatic imine (C=N–C) groups is 1. The lowest BCUT2D eigenvalue weighted by molar-refractivity contribution is 0.155. The summed E-state index contributed by atoms with van der Waals surface area (Å²) in [4.78, 5) is 22.8. The number of carbonyl (C=O) groups excluding carboxylic acids is 1. The van der Waals surface area contributed by atoms with Crippen LogP contribution in [0, 0.1) is 11.3 Å². The molecule has 2 amide bonds. The number of nitriles is 1. The van der Waals surface area contributed by atoms with Crippen molar-refractivity contribution < 1.29 is 14.1 Å². The lowest BCUT2D eigenvalue weighted by Crippen LogP contribution is -2.53. The van der Waals surface area contributed by atoms with Crippen LogP contribution < -0.4 is 10.1 Å². The Morgan fingerprint density at radius 2 is 1.95 bits per heavy atom. The molecule has 2 atom stereocenters. The number of amidine groups is 1. The Bertz CT molecular complexity index is 1330. The number of aromatic nitrogens is 1. The van der Waals surface area contributed by atoms with Crippen molar-refractivity contribution in [1.82, 2.24) is 20.3 Å². The summed E-state index contributed by atoms with van der Waals surface area (Å²) in [5.74, 6) is 1.47. The Hall–Kier alpha value is -3.87. The second kappa shape index (κ2) is 10.6. The van der Waals surface area contributed by atoms with Crippen LogP contribution in [0.3, 0.4) is 0 Å². The van der Waals surface area contributed by atoms with Gasteiger partial charge in [0.15, 0.2) is 5.76 Å². The van der Waals surface area contributed by atoms with Gasteiger partial charge in [-0.1, -0.05) is 28.9 Å². The van der Waals surface area contributed by atoms with Crippen LogP contribution in [0.5, 0.6) is 5.75 Å². The number of ether oxygens (including phenoxy) is 1. The SMILES string of the molecule is CC(C)Oc1cc(C#N)ccc1C1=NC(c2ccno2)C(c2ccc(Cl)cc2)N1C(=O)N1CCNCC1. The molecule has 1 N–H and O–H groups in total. The molecular formula is C27H27ClN6O3. The Morgan fingerprint density at radius 3 is 2.59 bits per heavy atom. The highest BCUT2D eigenvalue weighted by atomic mass is 35.5. The van der Waals surface area contributed by atoms with E-state index in [1.807, 2.05) is 30.9 Å². The standard InChI is InChI=1S/C27H27ClN6O3/c1-17(2)36-23-15-18(16-29)3-8-21(23)26-32-24(22-9-10-31-37-22)25(19-4-6-20(28)7-5-19)34(26)27(35)33-13-11-30-12-14-33/h3-10,15,17,24-25,30H,11-14H2,1-2H3. The molecule has 2 unspecified atom stereocenters. The molecule has 3 aromatic rings. The van der Waals surface area contributed by atoms with Gasteiger partial charge < -0.3 is 19.5 Å². The predicted molar refractivity (Wildman–Crippen MR) is 139 cm³/mol. The van der Waals surface area contributed by atoms with Gasteiger partial charge in [0.2, 0.25) is 0 Å². The van der Waals surface area contributed by atoms with Gasteiger partial charge in [0.25, 0.3) is 0 Å². The van der Waals surface area contributed by atoms with Gasteiger partial charge in [0, 0.05) is 37.3 Å². The molecule has 2 aliphatic heterocycles. The zero-order valence-electron chi connectivity index (χ0n) is 20.6. The van der Waals surface area contributed by atoms with Gasteiger partial charge in [-0.15, -0.1) is 0 Å². The summed E-state index contributed by atoms with van der Waals surface area (Å²) in [5.41, 5.74) is 1.93. The molecule has 190 valence electrons. The molecule has 2 aliphatic rings. The summed E-state index contributed by atoms with van der Waals surface area (Å²) >= 11 is 6.20. The van der Waals surface area contributed by atoms with Crippen LogP contribution in [0.2, 0.25) is 5.02 Å². The minimum absolute atomic E-state index is 0.149. The van der Waals surface area contributed by atoms with Crippen molar-refractivity contribution in [2.24, 2.45) is 4.99 Å². The number of amides is 2. The number of nitrogens with zero attached hydrogens (tertiary/aromatic N) is 5. The smallest absolute Gasteiger partial charge is 0.326 e. The van der Waals surface area contributed by atoms with Crippen LogP contribution >= 0.6 is 11.6 Å². The van der Waals surface area contributed by atoms with E-state index in [4.69, 9.17) is 25.9 Å². The summed E-state index contributed by atoms with van der Waals surface area (Å²) in [6, 6.07) is 15.3. The van der Waals surface area contributed by atoms with Gasteiger partial charge in [-0.3, -0.25) is 9.89 Å². The summed E-state index contributed by atoms with van der Waals surface area (Å²) in [6.45, 7) is 6.40. The average molecular weight is 519 g/mol. The topological polar surface area (TPSA) is 107 Å². The summed E-state index contributed by atoms with van der Waals surface area (Å²) in [5, 5.41) is 17.3. The number of urea groups is 1. The number of hydrogen-bond acceptors (Lipinski definition) is 7. The second-order valence-electron chi connectivity index (χ2n) is 9.19. The van der Waals surface area contributed by atoms with Crippen LogP contribution in [-0.4, -0.2) is 59.1 Å². The van der Waals surface area contributed by atoms with E-state index < -0.39 is 12.1 Å². The number of carbonyl (C=O) groups is 1. The van der Waals surface area contributed by atoms with E-state index in [9.17, 15) is 10.1 Å². The molecule has 1 aromatic heterocycles. The highest BCUT2D eigenvalue weighted by Crippen LogP contribution is 2.45. The number of piperazine rings is 1. The third-order valence-electron chi connectivity index (χ3n) is 6.34. The van der Waals surface area contributed by atoms with Gasteiger partial charge in [-0.25, -0.2) is 4.79 Å². The Morgan fingerprint density at radius 1 is 1.19 bits per heavy atom. The first kappa shape index (κ1) is 24.8. The molecule has 0 spiro atoms. The minimum atomic E-state index is -0.548.